The van der Waals surface area contributed by atoms with Crippen molar-refractivity contribution in [1.29, 1.82) is 0 Å². The van der Waals surface area contributed by atoms with Crippen LogP contribution in [0, 0.1) is 0 Å². The maximum Gasteiger partial charge on any atom is 0.122 e. The second kappa shape index (κ2) is 7.17. The molecule has 0 saturated heterocycles. The van der Waals surface area contributed by atoms with Crippen LogP contribution in [0.1, 0.15) is 32.8 Å². The van der Waals surface area contributed by atoms with Crippen LogP contribution < -0.4 is 15.2 Å². The van der Waals surface area contributed by atoms with E-state index in [9.17, 15) is 0 Å². The largest absolute Gasteiger partial charge is 0.494 e. The molecule has 0 aliphatic rings. The van der Waals surface area contributed by atoms with E-state index in [1.165, 1.54) is 0 Å². The monoisotopic (exact) mass is 237 g/mol. The highest BCUT2D eigenvalue weighted by atomic mass is 16.5. The fourth-order valence-electron chi connectivity index (χ4n) is 1.69. The van der Waals surface area contributed by atoms with E-state index >= 15 is 0 Å². The zero-order chi connectivity index (χ0) is 12.7. The smallest absolute Gasteiger partial charge is 0.122 e. The number of ether oxygens (including phenoxy) is 2. The molecule has 0 fully saturated rings. The summed E-state index contributed by atoms with van der Waals surface area (Å²) in [4.78, 5) is 0. The van der Waals surface area contributed by atoms with Gasteiger partial charge in [-0.2, -0.15) is 0 Å². The van der Waals surface area contributed by atoms with Gasteiger partial charge in [0, 0.05) is 6.04 Å². The molecule has 2 N–H and O–H groups in total. The summed E-state index contributed by atoms with van der Waals surface area (Å²) >= 11 is 0. The standard InChI is InChI=1S/C14H23NO2/c1-4-12(15)9-11-10-13(16-5-2)7-8-14(11)17-6-3/h7-8,10,12H,4-6,9,15H2,1-3H3/t12-/m1/s1. The van der Waals surface area contributed by atoms with Gasteiger partial charge >= 0.3 is 0 Å². The lowest BCUT2D eigenvalue weighted by Crippen LogP contribution is -2.21. The van der Waals surface area contributed by atoms with Gasteiger partial charge in [0.1, 0.15) is 11.5 Å². The molecule has 3 nitrogen and oxygen atoms in total. The Kier molecular flexibility index (Phi) is 5.84. The minimum atomic E-state index is 0.172. The van der Waals surface area contributed by atoms with Gasteiger partial charge in [0.15, 0.2) is 0 Å². The molecule has 0 aromatic heterocycles. The molecule has 0 amide bonds. The average molecular weight is 237 g/mol. The third-order valence-electron chi connectivity index (χ3n) is 2.65. The molecule has 0 saturated carbocycles. The van der Waals surface area contributed by atoms with Crippen molar-refractivity contribution >= 4 is 0 Å². The second-order valence-corrected chi connectivity index (χ2v) is 4.01. The van der Waals surface area contributed by atoms with Gasteiger partial charge in [-0.15, -0.1) is 0 Å². The predicted molar refractivity (Wildman–Crippen MR) is 70.8 cm³/mol. The first-order valence-electron chi connectivity index (χ1n) is 6.35. The van der Waals surface area contributed by atoms with Gasteiger partial charge in [-0.3, -0.25) is 0 Å². The first kappa shape index (κ1) is 13.8. The Morgan fingerprint density at radius 1 is 1.12 bits per heavy atom. The Balaban J connectivity index is 2.89. The fourth-order valence-corrected chi connectivity index (χ4v) is 1.69. The maximum atomic E-state index is 6.00. The van der Waals surface area contributed by atoms with Gasteiger partial charge in [0.2, 0.25) is 0 Å². The molecule has 1 aromatic carbocycles. The third kappa shape index (κ3) is 4.27. The molecule has 3 heteroatoms. The predicted octanol–water partition coefficient (Wildman–Crippen LogP) is 2.76. The molecule has 17 heavy (non-hydrogen) atoms. The average Bonchev–Trinajstić information content (AvgIpc) is 2.33. The highest BCUT2D eigenvalue weighted by molar-refractivity contribution is 5.40. The van der Waals surface area contributed by atoms with E-state index in [1.54, 1.807) is 0 Å². The lowest BCUT2D eigenvalue weighted by atomic mass is 10.0. The molecule has 0 spiro atoms. The topological polar surface area (TPSA) is 44.5 Å². The Morgan fingerprint density at radius 3 is 2.41 bits per heavy atom. The number of hydrogen-bond donors (Lipinski definition) is 1. The Bertz CT molecular complexity index is 339. The van der Waals surface area contributed by atoms with E-state index in [0.29, 0.717) is 13.2 Å². The number of nitrogens with two attached hydrogens (primary N) is 1. The number of rotatable bonds is 7. The van der Waals surface area contributed by atoms with Crippen LogP contribution in [0.15, 0.2) is 18.2 Å². The summed E-state index contributed by atoms with van der Waals surface area (Å²) in [6.07, 6.45) is 1.79. The summed E-state index contributed by atoms with van der Waals surface area (Å²) in [5.41, 5.74) is 7.13. The van der Waals surface area contributed by atoms with Crippen LogP contribution in [0.5, 0.6) is 11.5 Å². The van der Waals surface area contributed by atoms with Crippen LogP contribution in [0.3, 0.4) is 0 Å². The molecule has 0 aliphatic carbocycles. The van der Waals surface area contributed by atoms with Crippen molar-refractivity contribution < 1.29 is 9.47 Å². The van der Waals surface area contributed by atoms with Crippen molar-refractivity contribution in [2.75, 3.05) is 13.2 Å². The van der Waals surface area contributed by atoms with Gasteiger partial charge in [-0.1, -0.05) is 6.92 Å². The lowest BCUT2D eigenvalue weighted by molar-refractivity contribution is 0.326. The summed E-state index contributed by atoms with van der Waals surface area (Å²) in [6.45, 7) is 7.40. The Labute approximate surface area is 104 Å². The minimum Gasteiger partial charge on any atom is -0.494 e. The highest BCUT2D eigenvalue weighted by Crippen LogP contribution is 2.25. The van der Waals surface area contributed by atoms with Gasteiger partial charge in [0.05, 0.1) is 13.2 Å². The summed E-state index contributed by atoms with van der Waals surface area (Å²) in [6, 6.07) is 6.11. The zero-order valence-corrected chi connectivity index (χ0v) is 11.0. The first-order valence-corrected chi connectivity index (χ1v) is 6.35. The molecule has 96 valence electrons. The van der Waals surface area contributed by atoms with Crippen LogP contribution >= 0.6 is 0 Å². The van der Waals surface area contributed by atoms with Gasteiger partial charge in [-0.05, 0) is 50.5 Å². The third-order valence-corrected chi connectivity index (χ3v) is 2.65. The molecule has 1 rings (SSSR count). The molecule has 0 heterocycles. The maximum absolute atomic E-state index is 6.00. The van der Waals surface area contributed by atoms with Crippen LogP contribution in [-0.4, -0.2) is 19.3 Å². The fraction of sp³-hybridized carbons (Fsp3) is 0.571. The van der Waals surface area contributed by atoms with Gasteiger partial charge in [0.25, 0.3) is 0 Å². The van der Waals surface area contributed by atoms with Crippen LogP contribution in [0.2, 0.25) is 0 Å². The van der Waals surface area contributed by atoms with Crippen molar-refractivity contribution in [2.24, 2.45) is 5.73 Å². The second-order valence-electron chi connectivity index (χ2n) is 4.01. The first-order chi connectivity index (χ1) is 8.21. The molecule has 0 aliphatic heterocycles. The van der Waals surface area contributed by atoms with E-state index in [2.05, 4.69) is 6.92 Å². The van der Waals surface area contributed by atoms with Crippen molar-refractivity contribution in [3.05, 3.63) is 23.8 Å². The zero-order valence-electron chi connectivity index (χ0n) is 11.0. The Hall–Kier alpha value is -1.22. The number of hydrogen-bond acceptors (Lipinski definition) is 3. The molecule has 0 unspecified atom stereocenters. The molecule has 1 aromatic rings. The van der Waals surface area contributed by atoms with Crippen molar-refractivity contribution in [3.8, 4) is 11.5 Å². The van der Waals surface area contributed by atoms with Crippen LogP contribution in [0.25, 0.3) is 0 Å². The molecular formula is C14H23NO2. The van der Waals surface area contributed by atoms with E-state index in [4.69, 9.17) is 15.2 Å². The molecular weight excluding hydrogens is 214 g/mol. The van der Waals surface area contributed by atoms with Crippen molar-refractivity contribution in [3.63, 3.8) is 0 Å². The van der Waals surface area contributed by atoms with E-state index < -0.39 is 0 Å². The van der Waals surface area contributed by atoms with Crippen LogP contribution in [-0.2, 0) is 6.42 Å². The molecule has 1 atom stereocenters. The molecule has 0 bridgehead atoms. The normalized spacial score (nSPS) is 12.2. The highest BCUT2D eigenvalue weighted by Gasteiger charge is 2.09. The summed E-state index contributed by atoms with van der Waals surface area (Å²) < 4.78 is 11.1. The lowest BCUT2D eigenvalue weighted by Gasteiger charge is -2.15. The Morgan fingerprint density at radius 2 is 1.82 bits per heavy atom. The van der Waals surface area contributed by atoms with Crippen LogP contribution in [0.4, 0.5) is 0 Å². The number of benzene rings is 1. The van der Waals surface area contributed by atoms with E-state index in [-0.39, 0.29) is 6.04 Å². The summed E-state index contributed by atoms with van der Waals surface area (Å²) in [7, 11) is 0. The van der Waals surface area contributed by atoms with E-state index in [0.717, 1.165) is 29.9 Å². The SMILES string of the molecule is CCOc1ccc(OCC)c(C[C@H](N)CC)c1. The van der Waals surface area contributed by atoms with Crippen molar-refractivity contribution in [2.45, 2.75) is 39.7 Å². The van der Waals surface area contributed by atoms with Gasteiger partial charge in [-0.25, -0.2) is 0 Å². The van der Waals surface area contributed by atoms with E-state index in [1.807, 2.05) is 32.0 Å². The quantitative estimate of drug-likeness (QED) is 0.793. The summed E-state index contributed by atoms with van der Waals surface area (Å²) in [5, 5.41) is 0. The minimum absolute atomic E-state index is 0.172. The summed E-state index contributed by atoms with van der Waals surface area (Å²) in [5.74, 6) is 1.80. The molecule has 0 radical (unpaired) electrons. The van der Waals surface area contributed by atoms with Crippen molar-refractivity contribution in [1.82, 2.24) is 0 Å². The van der Waals surface area contributed by atoms with Gasteiger partial charge < -0.3 is 15.2 Å².